The molecule has 1 saturated carbocycles. The maximum atomic E-state index is 12.7. The lowest BCUT2D eigenvalue weighted by molar-refractivity contribution is -0.342. The van der Waals surface area contributed by atoms with Crippen molar-refractivity contribution in [3.63, 3.8) is 0 Å². The molecule has 18 heavy (non-hydrogen) atoms. The van der Waals surface area contributed by atoms with Gasteiger partial charge in [-0.05, 0) is 12.3 Å². The van der Waals surface area contributed by atoms with E-state index in [-0.39, 0.29) is 0 Å². The first-order chi connectivity index (χ1) is 7.65. The van der Waals surface area contributed by atoms with Gasteiger partial charge < -0.3 is 0 Å². The van der Waals surface area contributed by atoms with Crippen molar-refractivity contribution in [2.75, 3.05) is 0 Å². The molecular formula is C9H9F9. The van der Waals surface area contributed by atoms with Gasteiger partial charge in [-0.2, -0.15) is 39.5 Å². The van der Waals surface area contributed by atoms with E-state index < -0.39 is 41.7 Å². The maximum Gasteiger partial charge on any atom is 0.404 e. The molecule has 0 aromatic rings. The van der Waals surface area contributed by atoms with E-state index in [2.05, 4.69) is 0 Å². The molecule has 0 radical (unpaired) electrons. The minimum atomic E-state index is -5.98. The van der Waals surface area contributed by atoms with Crippen LogP contribution < -0.4 is 0 Å². The third kappa shape index (κ3) is 1.54. The third-order valence-corrected chi connectivity index (χ3v) is 3.64. The summed E-state index contributed by atoms with van der Waals surface area (Å²) in [4.78, 5) is 0. The van der Waals surface area contributed by atoms with Gasteiger partial charge >= 0.3 is 18.5 Å². The van der Waals surface area contributed by atoms with Crippen molar-refractivity contribution in [1.82, 2.24) is 0 Å². The van der Waals surface area contributed by atoms with Gasteiger partial charge in [0, 0.05) is 0 Å². The molecular weight excluding hydrogens is 279 g/mol. The Morgan fingerprint density at radius 2 is 1.06 bits per heavy atom. The van der Waals surface area contributed by atoms with Crippen molar-refractivity contribution < 1.29 is 39.5 Å². The van der Waals surface area contributed by atoms with E-state index in [0.29, 0.717) is 13.8 Å². The zero-order valence-corrected chi connectivity index (χ0v) is 9.19. The molecule has 0 aromatic carbocycles. The summed E-state index contributed by atoms with van der Waals surface area (Å²) in [6.45, 7) is 1.43. The van der Waals surface area contributed by atoms with E-state index in [1.165, 1.54) is 0 Å². The van der Waals surface area contributed by atoms with Crippen LogP contribution in [0.3, 0.4) is 0 Å². The molecule has 0 N–H and O–H groups in total. The average Bonchev–Trinajstić information content (AvgIpc) is 2.69. The number of halogens is 9. The highest BCUT2D eigenvalue weighted by atomic mass is 19.4. The van der Waals surface area contributed by atoms with E-state index in [1.54, 1.807) is 0 Å². The van der Waals surface area contributed by atoms with Crippen LogP contribution in [0.4, 0.5) is 39.5 Å². The monoisotopic (exact) mass is 288 g/mol. The quantitative estimate of drug-likeness (QED) is 0.613. The van der Waals surface area contributed by atoms with E-state index in [0.717, 1.165) is 0 Å². The van der Waals surface area contributed by atoms with Crippen LogP contribution in [0.2, 0.25) is 0 Å². The van der Waals surface area contributed by atoms with Crippen LogP contribution in [0.1, 0.15) is 20.3 Å². The van der Waals surface area contributed by atoms with E-state index >= 15 is 0 Å². The molecule has 0 nitrogen and oxygen atoms in total. The smallest absolute Gasteiger partial charge is 0.170 e. The van der Waals surface area contributed by atoms with Gasteiger partial charge in [0.05, 0.1) is 5.41 Å². The molecule has 1 fully saturated rings. The van der Waals surface area contributed by atoms with Gasteiger partial charge in [0.2, 0.25) is 0 Å². The standard InChI is InChI=1S/C9H9F9/c1-4(2)5(7(10,11)12)3-6(5,8(13,14)15)9(16,17)18/h4H,3H2,1-2H3. The lowest BCUT2D eigenvalue weighted by Gasteiger charge is -2.33. The minimum absolute atomic E-state index is 0.715. The summed E-state index contributed by atoms with van der Waals surface area (Å²) in [7, 11) is 0. The first-order valence-electron chi connectivity index (χ1n) is 4.85. The molecule has 0 aromatic heterocycles. The predicted molar refractivity (Wildman–Crippen MR) is 42.5 cm³/mol. The summed E-state index contributed by atoms with van der Waals surface area (Å²) in [5, 5.41) is 0. The van der Waals surface area contributed by atoms with Crippen molar-refractivity contribution in [1.29, 1.82) is 0 Å². The summed E-state index contributed by atoms with van der Waals surface area (Å²) in [6, 6.07) is 0. The van der Waals surface area contributed by atoms with E-state index in [9.17, 15) is 39.5 Å². The molecule has 1 aliphatic carbocycles. The largest absolute Gasteiger partial charge is 0.404 e. The highest BCUT2D eigenvalue weighted by Crippen LogP contribution is 2.84. The molecule has 0 saturated heterocycles. The van der Waals surface area contributed by atoms with E-state index in [1.807, 2.05) is 0 Å². The lowest BCUT2D eigenvalue weighted by atomic mass is 9.81. The number of rotatable bonds is 1. The summed E-state index contributed by atoms with van der Waals surface area (Å²) in [5.74, 6) is -1.82. The van der Waals surface area contributed by atoms with Crippen molar-refractivity contribution in [2.45, 2.75) is 38.8 Å². The summed E-state index contributed by atoms with van der Waals surface area (Å²) in [5.41, 5.74) is -8.46. The fraction of sp³-hybridized carbons (Fsp3) is 1.00. The summed E-state index contributed by atoms with van der Waals surface area (Å²) < 4.78 is 113. The van der Waals surface area contributed by atoms with Gasteiger partial charge in [-0.1, -0.05) is 13.8 Å². The predicted octanol–water partition coefficient (Wildman–Crippen LogP) is 4.71. The zero-order chi connectivity index (χ0) is 14.8. The molecule has 0 aliphatic heterocycles. The van der Waals surface area contributed by atoms with Crippen LogP contribution in [0, 0.1) is 16.7 Å². The second kappa shape index (κ2) is 3.47. The van der Waals surface area contributed by atoms with E-state index in [4.69, 9.17) is 0 Å². The van der Waals surface area contributed by atoms with Crippen LogP contribution in [0.5, 0.6) is 0 Å². The zero-order valence-electron chi connectivity index (χ0n) is 9.19. The minimum Gasteiger partial charge on any atom is -0.170 e. The van der Waals surface area contributed by atoms with Gasteiger partial charge in [0.1, 0.15) is 0 Å². The molecule has 0 bridgehead atoms. The molecule has 108 valence electrons. The Kier molecular flexibility index (Phi) is 2.98. The Bertz CT molecular complexity index is 317. The number of hydrogen-bond donors (Lipinski definition) is 0. The Balaban J connectivity index is 3.47. The number of alkyl halides is 9. The fourth-order valence-electron chi connectivity index (χ4n) is 2.61. The van der Waals surface area contributed by atoms with Gasteiger partial charge in [-0.15, -0.1) is 0 Å². The topological polar surface area (TPSA) is 0 Å². The SMILES string of the molecule is CC(C)C1(C(F)(F)F)CC1(C(F)(F)F)C(F)(F)F. The Morgan fingerprint density at radius 3 is 1.11 bits per heavy atom. The molecule has 1 atom stereocenters. The molecule has 1 aliphatic rings. The summed E-state index contributed by atoms with van der Waals surface area (Å²) in [6.07, 6.45) is -19.5. The molecule has 1 rings (SSSR count). The number of hydrogen-bond acceptors (Lipinski definition) is 0. The molecule has 0 spiro atoms. The van der Waals surface area contributed by atoms with Gasteiger partial charge in [-0.25, -0.2) is 0 Å². The molecule has 9 heteroatoms. The first-order valence-corrected chi connectivity index (χ1v) is 4.85. The van der Waals surface area contributed by atoms with Gasteiger partial charge in [-0.3, -0.25) is 0 Å². The fourth-order valence-corrected chi connectivity index (χ4v) is 2.61. The first kappa shape index (κ1) is 15.4. The lowest BCUT2D eigenvalue weighted by Crippen LogP contribution is -2.49. The van der Waals surface area contributed by atoms with Crippen LogP contribution in [-0.4, -0.2) is 18.5 Å². The Morgan fingerprint density at radius 1 is 0.722 bits per heavy atom. The highest BCUT2D eigenvalue weighted by Gasteiger charge is 2.97. The van der Waals surface area contributed by atoms with Crippen molar-refractivity contribution in [3.8, 4) is 0 Å². The summed E-state index contributed by atoms with van der Waals surface area (Å²) >= 11 is 0. The third-order valence-electron chi connectivity index (χ3n) is 3.64. The van der Waals surface area contributed by atoms with Crippen LogP contribution in [0.15, 0.2) is 0 Å². The van der Waals surface area contributed by atoms with Crippen molar-refractivity contribution in [3.05, 3.63) is 0 Å². The Hall–Kier alpha value is -0.630. The molecule has 1 unspecified atom stereocenters. The van der Waals surface area contributed by atoms with Crippen molar-refractivity contribution in [2.24, 2.45) is 16.7 Å². The second-order valence-electron chi connectivity index (χ2n) is 4.70. The van der Waals surface area contributed by atoms with Crippen molar-refractivity contribution >= 4 is 0 Å². The van der Waals surface area contributed by atoms with Crippen LogP contribution in [-0.2, 0) is 0 Å². The van der Waals surface area contributed by atoms with Crippen LogP contribution >= 0.6 is 0 Å². The normalized spacial score (nSPS) is 28.7. The highest BCUT2D eigenvalue weighted by molar-refractivity contribution is 5.25. The van der Waals surface area contributed by atoms with Gasteiger partial charge in [0.15, 0.2) is 5.41 Å². The molecule has 0 heterocycles. The second-order valence-corrected chi connectivity index (χ2v) is 4.70. The van der Waals surface area contributed by atoms with Crippen LogP contribution in [0.25, 0.3) is 0 Å². The average molecular weight is 288 g/mol. The van der Waals surface area contributed by atoms with Gasteiger partial charge in [0.25, 0.3) is 0 Å². The molecule has 0 amide bonds. The Labute approximate surface area is 96.1 Å². The maximum absolute atomic E-state index is 12.7.